The van der Waals surface area contributed by atoms with Crippen LogP contribution in [0.3, 0.4) is 0 Å². The zero-order chi connectivity index (χ0) is 12.1. The van der Waals surface area contributed by atoms with Crippen molar-refractivity contribution in [2.75, 3.05) is 13.7 Å². The molecule has 0 aliphatic heterocycles. The zero-order valence-corrected chi connectivity index (χ0v) is 9.84. The average Bonchev–Trinajstić information content (AvgIpc) is 2.70. The van der Waals surface area contributed by atoms with Crippen LogP contribution in [-0.2, 0) is 9.53 Å². The van der Waals surface area contributed by atoms with Gasteiger partial charge in [0.05, 0.1) is 18.9 Å². The van der Waals surface area contributed by atoms with Gasteiger partial charge in [-0.3, -0.25) is 9.59 Å². The van der Waals surface area contributed by atoms with Crippen LogP contribution in [0.15, 0.2) is 16.7 Å². The van der Waals surface area contributed by atoms with Crippen molar-refractivity contribution in [1.82, 2.24) is 5.32 Å². The van der Waals surface area contributed by atoms with Crippen LogP contribution in [0.25, 0.3) is 0 Å². The van der Waals surface area contributed by atoms with Gasteiger partial charge in [-0.2, -0.15) is 0 Å². The van der Waals surface area contributed by atoms with E-state index in [1.807, 2.05) is 0 Å². The summed E-state index contributed by atoms with van der Waals surface area (Å²) in [5, 5.41) is 1.48. The van der Waals surface area contributed by atoms with Gasteiger partial charge in [-0.15, -0.1) is 11.6 Å². The maximum absolute atomic E-state index is 11.5. The van der Waals surface area contributed by atoms with Gasteiger partial charge in [-0.25, -0.2) is 0 Å². The molecule has 0 saturated carbocycles. The molecule has 1 heterocycles. The van der Waals surface area contributed by atoms with Crippen LogP contribution in [-0.4, -0.2) is 30.9 Å². The Hall–Kier alpha value is -1.20. The summed E-state index contributed by atoms with van der Waals surface area (Å²) >= 11 is 11.2. The molecule has 0 bridgehead atoms. The average molecular weight is 266 g/mol. The largest absolute Gasteiger partial charge is 0.468 e. The van der Waals surface area contributed by atoms with Crippen molar-refractivity contribution in [1.29, 1.82) is 0 Å². The molecule has 1 rings (SSSR count). The number of halogens is 2. The van der Waals surface area contributed by atoms with Crippen LogP contribution in [0, 0.1) is 0 Å². The number of ether oxygens (including phenoxy) is 1. The number of esters is 1. The van der Waals surface area contributed by atoms with E-state index in [0.717, 1.165) is 0 Å². The van der Waals surface area contributed by atoms with Crippen molar-refractivity contribution in [2.45, 2.75) is 5.38 Å². The van der Waals surface area contributed by atoms with Crippen LogP contribution in [0.1, 0.15) is 10.4 Å². The fraction of sp³-hybridized carbons (Fsp3) is 0.333. The van der Waals surface area contributed by atoms with E-state index in [0.29, 0.717) is 0 Å². The summed E-state index contributed by atoms with van der Waals surface area (Å²) in [4.78, 5) is 22.4. The third-order valence-electron chi connectivity index (χ3n) is 1.76. The number of rotatable bonds is 4. The van der Waals surface area contributed by atoms with Gasteiger partial charge < -0.3 is 14.5 Å². The van der Waals surface area contributed by atoms with Gasteiger partial charge in [-0.05, 0) is 17.7 Å². The molecule has 5 nitrogen and oxygen atoms in total. The van der Waals surface area contributed by atoms with Crippen molar-refractivity contribution in [2.24, 2.45) is 0 Å². The number of hydrogen-bond acceptors (Lipinski definition) is 4. The standard InChI is InChI=1S/C9H9Cl2NO4/c1-15-9(14)6(10)4-12-8(13)5-2-3-16-7(5)11/h2-3,6H,4H2,1H3,(H,12,13). The monoisotopic (exact) mass is 265 g/mol. The van der Waals surface area contributed by atoms with E-state index in [1.165, 1.54) is 19.4 Å². The summed E-state index contributed by atoms with van der Waals surface area (Å²) in [6.07, 6.45) is 1.29. The minimum Gasteiger partial charge on any atom is -0.468 e. The molecular formula is C9H9Cl2NO4. The summed E-state index contributed by atoms with van der Waals surface area (Å²) in [7, 11) is 1.21. The van der Waals surface area contributed by atoms with Crippen molar-refractivity contribution in [3.8, 4) is 0 Å². The van der Waals surface area contributed by atoms with Crippen molar-refractivity contribution < 1.29 is 18.7 Å². The number of furan rings is 1. The molecule has 0 aliphatic carbocycles. The van der Waals surface area contributed by atoms with E-state index >= 15 is 0 Å². The minimum absolute atomic E-state index is 0.0123. The number of carbonyl (C=O) groups is 2. The van der Waals surface area contributed by atoms with Gasteiger partial charge in [0, 0.05) is 6.54 Å². The second kappa shape index (κ2) is 5.77. The molecule has 0 saturated heterocycles. The highest BCUT2D eigenvalue weighted by Gasteiger charge is 2.18. The maximum atomic E-state index is 11.5. The molecule has 1 atom stereocenters. The lowest BCUT2D eigenvalue weighted by Crippen LogP contribution is -2.34. The highest BCUT2D eigenvalue weighted by molar-refractivity contribution is 6.32. The first-order valence-electron chi connectivity index (χ1n) is 4.29. The molecule has 1 aromatic rings. The summed E-state index contributed by atoms with van der Waals surface area (Å²) in [6.45, 7) is -0.0471. The lowest BCUT2D eigenvalue weighted by molar-refractivity contribution is -0.140. The fourth-order valence-electron chi connectivity index (χ4n) is 0.944. The van der Waals surface area contributed by atoms with E-state index in [4.69, 9.17) is 27.6 Å². The summed E-state index contributed by atoms with van der Waals surface area (Å²) in [5.41, 5.74) is 0.190. The Morgan fingerprint density at radius 1 is 1.62 bits per heavy atom. The zero-order valence-electron chi connectivity index (χ0n) is 8.33. The highest BCUT2D eigenvalue weighted by Crippen LogP contribution is 2.16. The van der Waals surface area contributed by atoms with E-state index in [9.17, 15) is 9.59 Å². The molecule has 1 unspecified atom stereocenters. The SMILES string of the molecule is COC(=O)C(Cl)CNC(=O)c1ccoc1Cl. The summed E-state index contributed by atoms with van der Waals surface area (Å²) < 4.78 is 9.13. The minimum atomic E-state index is -0.931. The van der Waals surface area contributed by atoms with E-state index < -0.39 is 17.3 Å². The molecule has 7 heteroatoms. The van der Waals surface area contributed by atoms with Crippen LogP contribution in [0.2, 0.25) is 5.22 Å². The molecule has 88 valence electrons. The Morgan fingerprint density at radius 2 is 2.31 bits per heavy atom. The molecule has 16 heavy (non-hydrogen) atoms. The van der Waals surface area contributed by atoms with Crippen LogP contribution < -0.4 is 5.32 Å². The van der Waals surface area contributed by atoms with E-state index in [1.54, 1.807) is 0 Å². The van der Waals surface area contributed by atoms with Gasteiger partial charge in [0.25, 0.3) is 5.91 Å². The van der Waals surface area contributed by atoms with Crippen LogP contribution >= 0.6 is 23.2 Å². The quantitative estimate of drug-likeness (QED) is 0.661. The molecule has 0 spiro atoms. The first-order valence-corrected chi connectivity index (χ1v) is 5.10. The van der Waals surface area contributed by atoms with Crippen molar-refractivity contribution in [3.63, 3.8) is 0 Å². The second-order valence-corrected chi connectivity index (χ2v) is 3.68. The predicted molar refractivity (Wildman–Crippen MR) is 57.7 cm³/mol. The number of hydrogen-bond donors (Lipinski definition) is 1. The van der Waals surface area contributed by atoms with Gasteiger partial charge in [0.1, 0.15) is 5.38 Å². The smallest absolute Gasteiger partial charge is 0.325 e. The number of carbonyl (C=O) groups excluding carboxylic acids is 2. The molecule has 0 aromatic carbocycles. The van der Waals surface area contributed by atoms with E-state index in [2.05, 4.69) is 10.1 Å². The molecule has 1 N–H and O–H groups in total. The second-order valence-electron chi connectivity index (χ2n) is 2.81. The highest BCUT2D eigenvalue weighted by atomic mass is 35.5. The Kier molecular flexibility index (Phi) is 4.64. The van der Waals surface area contributed by atoms with Crippen molar-refractivity contribution in [3.05, 3.63) is 23.1 Å². The number of methoxy groups -OCH3 is 1. The predicted octanol–water partition coefficient (Wildman–Crippen LogP) is 1.44. The van der Waals surface area contributed by atoms with Gasteiger partial charge in [0.2, 0.25) is 5.22 Å². The van der Waals surface area contributed by atoms with Crippen molar-refractivity contribution >= 4 is 35.1 Å². The molecule has 0 fully saturated rings. The Balaban J connectivity index is 2.48. The van der Waals surface area contributed by atoms with Gasteiger partial charge >= 0.3 is 5.97 Å². The molecular weight excluding hydrogens is 257 g/mol. The van der Waals surface area contributed by atoms with Crippen LogP contribution in [0.4, 0.5) is 0 Å². The van der Waals surface area contributed by atoms with Gasteiger partial charge in [-0.1, -0.05) is 0 Å². The Morgan fingerprint density at radius 3 is 2.81 bits per heavy atom. The maximum Gasteiger partial charge on any atom is 0.325 e. The summed E-state index contributed by atoms with van der Waals surface area (Å²) in [5.74, 6) is -1.08. The first-order chi connectivity index (χ1) is 7.56. The topological polar surface area (TPSA) is 68.5 Å². The van der Waals surface area contributed by atoms with E-state index in [-0.39, 0.29) is 17.3 Å². The molecule has 0 aliphatic rings. The lowest BCUT2D eigenvalue weighted by atomic mass is 10.3. The summed E-state index contributed by atoms with van der Waals surface area (Å²) in [6, 6.07) is 1.42. The normalized spacial score (nSPS) is 11.9. The Labute approximate surface area is 102 Å². The molecule has 1 aromatic heterocycles. The fourth-order valence-corrected chi connectivity index (χ4v) is 1.31. The molecule has 1 amide bonds. The van der Waals surface area contributed by atoms with Crippen LogP contribution in [0.5, 0.6) is 0 Å². The lowest BCUT2D eigenvalue weighted by Gasteiger charge is -2.07. The number of amides is 1. The third-order valence-corrected chi connectivity index (χ3v) is 2.39. The Bertz CT molecular complexity index is 391. The number of alkyl halides is 1. The van der Waals surface area contributed by atoms with Gasteiger partial charge in [0.15, 0.2) is 0 Å². The number of nitrogens with one attached hydrogen (secondary N) is 1. The molecule has 0 radical (unpaired) electrons. The first kappa shape index (κ1) is 12.9. The third kappa shape index (κ3) is 3.15.